The van der Waals surface area contributed by atoms with Crippen molar-refractivity contribution in [3.63, 3.8) is 0 Å². The molecule has 0 aromatic heterocycles. The Kier molecular flexibility index (Phi) is 4.89. The Hall–Kier alpha value is -2.15. The van der Waals surface area contributed by atoms with Gasteiger partial charge in [0.1, 0.15) is 0 Å². The number of anilines is 1. The van der Waals surface area contributed by atoms with Crippen LogP contribution in [0.4, 0.5) is 16.2 Å². The maximum absolute atomic E-state index is 11.8. The molecule has 1 aromatic rings. The van der Waals surface area contributed by atoms with Gasteiger partial charge < -0.3 is 16.0 Å². The highest BCUT2D eigenvalue weighted by molar-refractivity contribution is 5.89. The average Bonchev–Trinajstić information content (AvgIpc) is 2.68. The summed E-state index contributed by atoms with van der Waals surface area (Å²) in [4.78, 5) is 21.9. The number of amides is 2. The maximum atomic E-state index is 11.8. The van der Waals surface area contributed by atoms with Gasteiger partial charge in [-0.25, -0.2) is 4.79 Å². The summed E-state index contributed by atoms with van der Waals surface area (Å²) in [6.45, 7) is 1.89. The van der Waals surface area contributed by atoms with Gasteiger partial charge >= 0.3 is 6.03 Å². The van der Waals surface area contributed by atoms with E-state index in [1.807, 2.05) is 0 Å². The number of carbonyl (C=O) groups is 1. The fourth-order valence-electron chi connectivity index (χ4n) is 2.18. The number of nitro groups is 1. The van der Waals surface area contributed by atoms with Gasteiger partial charge in [0, 0.05) is 23.9 Å². The van der Waals surface area contributed by atoms with Crippen LogP contribution in [0.2, 0.25) is 0 Å². The smallest absolute Gasteiger partial charge is 0.319 e. The summed E-state index contributed by atoms with van der Waals surface area (Å²) >= 11 is 0. The minimum atomic E-state index is -0.470. The number of nitrogens with zero attached hydrogens (tertiary/aromatic N) is 1. The van der Waals surface area contributed by atoms with Gasteiger partial charge in [-0.1, -0.05) is 0 Å². The first-order chi connectivity index (χ1) is 9.65. The van der Waals surface area contributed by atoms with E-state index in [9.17, 15) is 14.9 Å². The largest absolute Gasteiger partial charge is 0.335 e. The van der Waals surface area contributed by atoms with Crippen molar-refractivity contribution in [1.82, 2.24) is 10.6 Å². The molecule has 1 heterocycles. The van der Waals surface area contributed by atoms with Gasteiger partial charge in [0.2, 0.25) is 0 Å². The Labute approximate surface area is 116 Å². The van der Waals surface area contributed by atoms with Gasteiger partial charge in [-0.15, -0.1) is 0 Å². The molecule has 1 aliphatic heterocycles. The Morgan fingerprint density at radius 1 is 1.25 bits per heavy atom. The van der Waals surface area contributed by atoms with Gasteiger partial charge in [0.05, 0.1) is 4.92 Å². The normalized spacial score (nSPS) is 18.9. The third kappa shape index (κ3) is 4.20. The summed E-state index contributed by atoms with van der Waals surface area (Å²) in [5.41, 5.74) is 0.547. The number of hydrogen-bond donors (Lipinski definition) is 3. The van der Waals surface area contributed by atoms with E-state index in [4.69, 9.17) is 0 Å². The van der Waals surface area contributed by atoms with Crippen molar-refractivity contribution in [2.45, 2.75) is 25.3 Å². The van der Waals surface area contributed by atoms with E-state index in [-0.39, 0.29) is 17.8 Å². The number of urea groups is 1. The molecule has 1 atom stereocenters. The van der Waals surface area contributed by atoms with Crippen molar-refractivity contribution in [1.29, 1.82) is 0 Å². The zero-order valence-corrected chi connectivity index (χ0v) is 11.1. The summed E-state index contributed by atoms with van der Waals surface area (Å²) in [5, 5.41) is 19.4. The van der Waals surface area contributed by atoms with Crippen LogP contribution in [0, 0.1) is 10.1 Å². The Morgan fingerprint density at radius 3 is 2.70 bits per heavy atom. The SMILES string of the molecule is O=C(Nc1ccc([N+](=O)[O-])cc1)NC1CCCNCC1. The van der Waals surface area contributed by atoms with Crippen molar-refractivity contribution in [3.05, 3.63) is 34.4 Å². The predicted octanol–water partition coefficient (Wildman–Crippen LogP) is 1.86. The Morgan fingerprint density at radius 2 is 2.00 bits per heavy atom. The van der Waals surface area contributed by atoms with Gasteiger partial charge in [-0.2, -0.15) is 0 Å². The predicted molar refractivity (Wildman–Crippen MR) is 75.8 cm³/mol. The van der Waals surface area contributed by atoms with Crippen LogP contribution in [0.5, 0.6) is 0 Å². The van der Waals surface area contributed by atoms with Crippen molar-refractivity contribution >= 4 is 17.4 Å². The molecule has 0 bridgehead atoms. The molecule has 0 spiro atoms. The van der Waals surface area contributed by atoms with Crippen LogP contribution < -0.4 is 16.0 Å². The first kappa shape index (κ1) is 14.3. The number of hydrogen-bond acceptors (Lipinski definition) is 4. The van der Waals surface area contributed by atoms with E-state index >= 15 is 0 Å². The van der Waals surface area contributed by atoms with Crippen molar-refractivity contribution in [2.75, 3.05) is 18.4 Å². The fourth-order valence-corrected chi connectivity index (χ4v) is 2.18. The molecule has 1 saturated heterocycles. The number of rotatable bonds is 3. The van der Waals surface area contributed by atoms with Gasteiger partial charge in [0.25, 0.3) is 5.69 Å². The summed E-state index contributed by atoms with van der Waals surface area (Å²) in [6.07, 6.45) is 2.91. The van der Waals surface area contributed by atoms with Crippen LogP contribution in [-0.4, -0.2) is 30.1 Å². The quantitative estimate of drug-likeness (QED) is 0.580. The van der Waals surface area contributed by atoms with Crippen molar-refractivity contribution < 1.29 is 9.72 Å². The Bertz CT molecular complexity index is 467. The molecule has 1 unspecified atom stereocenters. The molecular formula is C13H18N4O3. The van der Waals surface area contributed by atoms with Gasteiger partial charge in [-0.3, -0.25) is 10.1 Å². The lowest BCUT2D eigenvalue weighted by Crippen LogP contribution is -2.38. The number of benzene rings is 1. The van der Waals surface area contributed by atoms with Gasteiger partial charge in [0.15, 0.2) is 0 Å². The molecule has 3 N–H and O–H groups in total. The number of nitrogens with one attached hydrogen (secondary N) is 3. The van der Waals surface area contributed by atoms with Crippen molar-refractivity contribution in [2.24, 2.45) is 0 Å². The lowest BCUT2D eigenvalue weighted by molar-refractivity contribution is -0.384. The highest BCUT2D eigenvalue weighted by Gasteiger charge is 2.14. The molecular weight excluding hydrogens is 260 g/mol. The van der Waals surface area contributed by atoms with E-state index in [0.29, 0.717) is 5.69 Å². The van der Waals surface area contributed by atoms with E-state index in [1.54, 1.807) is 0 Å². The molecule has 0 radical (unpaired) electrons. The van der Waals surface area contributed by atoms with E-state index < -0.39 is 4.92 Å². The first-order valence-corrected chi connectivity index (χ1v) is 6.68. The fraction of sp³-hybridized carbons (Fsp3) is 0.462. The maximum Gasteiger partial charge on any atom is 0.319 e. The lowest BCUT2D eigenvalue weighted by atomic mass is 10.1. The van der Waals surface area contributed by atoms with E-state index in [2.05, 4.69) is 16.0 Å². The Balaban J connectivity index is 1.85. The molecule has 0 saturated carbocycles. The molecule has 7 nitrogen and oxygen atoms in total. The molecule has 20 heavy (non-hydrogen) atoms. The summed E-state index contributed by atoms with van der Waals surface area (Å²) in [7, 11) is 0. The second-order valence-electron chi connectivity index (χ2n) is 4.78. The highest BCUT2D eigenvalue weighted by Crippen LogP contribution is 2.15. The van der Waals surface area contributed by atoms with Crippen LogP contribution >= 0.6 is 0 Å². The van der Waals surface area contributed by atoms with E-state index in [0.717, 1.165) is 32.4 Å². The van der Waals surface area contributed by atoms with Crippen LogP contribution in [0.1, 0.15) is 19.3 Å². The first-order valence-electron chi connectivity index (χ1n) is 6.68. The third-order valence-electron chi connectivity index (χ3n) is 3.25. The minimum Gasteiger partial charge on any atom is -0.335 e. The summed E-state index contributed by atoms with van der Waals surface area (Å²) < 4.78 is 0. The zero-order valence-electron chi connectivity index (χ0n) is 11.1. The molecule has 108 valence electrons. The molecule has 1 aromatic carbocycles. The second kappa shape index (κ2) is 6.85. The lowest BCUT2D eigenvalue weighted by Gasteiger charge is -2.16. The highest BCUT2D eigenvalue weighted by atomic mass is 16.6. The summed E-state index contributed by atoms with van der Waals surface area (Å²) in [5.74, 6) is 0. The van der Waals surface area contributed by atoms with Crippen LogP contribution in [0.3, 0.4) is 0 Å². The molecule has 0 aliphatic carbocycles. The molecule has 2 amide bonds. The standard InChI is InChI=1S/C13H18N4O3/c18-13(15-10-2-1-8-14-9-7-10)16-11-3-5-12(6-4-11)17(19)20/h3-6,10,14H,1-2,7-9H2,(H2,15,16,18). The summed E-state index contributed by atoms with van der Waals surface area (Å²) in [6, 6.07) is 5.67. The average molecular weight is 278 g/mol. The zero-order chi connectivity index (χ0) is 14.4. The molecule has 1 fully saturated rings. The molecule has 7 heteroatoms. The topological polar surface area (TPSA) is 96.3 Å². The number of carbonyl (C=O) groups excluding carboxylic acids is 1. The minimum absolute atomic E-state index is 0.00537. The monoisotopic (exact) mass is 278 g/mol. The van der Waals surface area contributed by atoms with E-state index in [1.165, 1.54) is 24.3 Å². The number of non-ortho nitro benzene ring substituents is 1. The molecule has 1 aliphatic rings. The van der Waals surface area contributed by atoms with Crippen molar-refractivity contribution in [3.8, 4) is 0 Å². The third-order valence-corrected chi connectivity index (χ3v) is 3.25. The van der Waals surface area contributed by atoms with Crippen LogP contribution in [0.25, 0.3) is 0 Å². The van der Waals surface area contributed by atoms with Crippen LogP contribution in [0.15, 0.2) is 24.3 Å². The second-order valence-corrected chi connectivity index (χ2v) is 4.78. The number of nitro benzene ring substituents is 1. The molecule has 2 rings (SSSR count). The van der Waals surface area contributed by atoms with Gasteiger partial charge in [-0.05, 0) is 44.5 Å². The van der Waals surface area contributed by atoms with Crippen LogP contribution in [-0.2, 0) is 0 Å².